The molecule has 7 nitrogen and oxygen atoms in total. The summed E-state index contributed by atoms with van der Waals surface area (Å²) in [7, 11) is -4.17. The third-order valence-electron chi connectivity index (χ3n) is 8.51. The van der Waals surface area contributed by atoms with E-state index in [1.165, 1.54) is 17.0 Å². The normalized spacial score (nSPS) is 14.3. The fourth-order valence-electron chi connectivity index (χ4n) is 5.89. The number of hydrogen-bond acceptors (Lipinski definition) is 4. The molecule has 10 heteroatoms. The molecule has 47 heavy (non-hydrogen) atoms. The molecule has 1 saturated carbocycles. The van der Waals surface area contributed by atoms with Crippen molar-refractivity contribution < 1.29 is 18.0 Å². The van der Waals surface area contributed by atoms with Gasteiger partial charge in [0.05, 0.1) is 10.6 Å². The predicted molar refractivity (Wildman–Crippen MR) is 188 cm³/mol. The zero-order valence-electron chi connectivity index (χ0n) is 26.3. The molecule has 5 rings (SSSR count). The summed E-state index contributed by atoms with van der Waals surface area (Å²) < 4.78 is 29.4. The van der Waals surface area contributed by atoms with Gasteiger partial charge in [-0.2, -0.15) is 0 Å². The lowest BCUT2D eigenvalue weighted by Gasteiger charge is -2.35. The second-order valence-corrected chi connectivity index (χ2v) is 14.7. The first-order valence-corrected chi connectivity index (χ1v) is 18.0. The molecule has 1 N–H and O–H groups in total. The van der Waals surface area contributed by atoms with Crippen molar-refractivity contribution in [1.29, 1.82) is 0 Å². The van der Waals surface area contributed by atoms with E-state index in [4.69, 9.17) is 23.2 Å². The summed E-state index contributed by atoms with van der Waals surface area (Å²) >= 11 is 12.8. The van der Waals surface area contributed by atoms with Crippen molar-refractivity contribution >= 4 is 50.7 Å². The van der Waals surface area contributed by atoms with Gasteiger partial charge in [0.25, 0.3) is 10.0 Å². The number of carbonyl (C=O) groups excluding carboxylic acids is 2. The number of nitrogens with zero attached hydrogens (tertiary/aromatic N) is 2. The average Bonchev–Trinajstić information content (AvgIpc) is 3.07. The maximum absolute atomic E-state index is 14.6. The summed E-state index contributed by atoms with van der Waals surface area (Å²) in [5.74, 6) is -0.831. The summed E-state index contributed by atoms with van der Waals surface area (Å²) in [6, 6.07) is 28.6. The van der Waals surface area contributed by atoms with Crippen molar-refractivity contribution in [1.82, 2.24) is 10.2 Å². The van der Waals surface area contributed by atoms with E-state index in [0.717, 1.165) is 47.5 Å². The van der Waals surface area contributed by atoms with Crippen molar-refractivity contribution in [2.75, 3.05) is 10.8 Å². The number of carbonyl (C=O) groups is 2. The Morgan fingerprint density at radius 2 is 1.49 bits per heavy atom. The van der Waals surface area contributed by atoms with Crippen LogP contribution in [0, 0.1) is 6.92 Å². The van der Waals surface area contributed by atoms with E-state index in [-0.39, 0.29) is 29.8 Å². The molecule has 1 aliphatic rings. The third-order valence-corrected chi connectivity index (χ3v) is 10.9. The van der Waals surface area contributed by atoms with Crippen molar-refractivity contribution in [2.45, 2.75) is 69.0 Å². The average molecular weight is 693 g/mol. The Balaban J connectivity index is 1.56. The standard InChI is InChI=1S/C37H39Cl2N3O4S/c1-27-17-21-33(22-18-27)47(45,46)42(32-15-9-4-10-16-32)26-36(43)41(25-29-19-20-30(38)24-34(29)39)35(23-28-11-5-2-6-12-28)37(44)40-31-13-7-3-8-14-31/h2,4-6,9-12,15-22,24,31,35H,3,7-8,13-14,23,25-26H2,1H3,(H,40,44). The summed E-state index contributed by atoms with van der Waals surface area (Å²) in [6.45, 7) is 1.31. The van der Waals surface area contributed by atoms with Crippen molar-refractivity contribution in [3.63, 3.8) is 0 Å². The lowest BCUT2D eigenvalue weighted by atomic mass is 9.94. The number of para-hydroxylation sites is 1. The molecule has 4 aromatic rings. The van der Waals surface area contributed by atoms with Crippen LogP contribution in [0.3, 0.4) is 0 Å². The number of halogens is 2. The van der Waals surface area contributed by atoms with Crippen molar-refractivity contribution in [3.8, 4) is 0 Å². The van der Waals surface area contributed by atoms with Crippen LogP contribution in [0.2, 0.25) is 10.0 Å². The quantitative estimate of drug-likeness (QED) is 0.166. The van der Waals surface area contributed by atoms with Gasteiger partial charge in [-0.25, -0.2) is 8.42 Å². The highest BCUT2D eigenvalue weighted by molar-refractivity contribution is 7.92. The van der Waals surface area contributed by atoms with Crippen LogP contribution in [0.5, 0.6) is 0 Å². The highest BCUT2D eigenvalue weighted by atomic mass is 35.5. The zero-order chi connectivity index (χ0) is 33.4. The fourth-order valence-corrected chi connectivity index (χ4v) is 7.77. The van der Waals surface area contributed by atoms with Crippen LogP contribution in [-0.2, 0) is 32.6 Å². The number of rotatable bonds is 12. The first-order chi connectivity index (χ1) is 22.6. The molecule has 1 aliphatic carbocycles. The first-order valence-electron chi connectivity index (χ1n) is 15.8. The van der Waals surface area contributed by atoms with Crippen LogP contribution in [0.15, 0.2) is 108 Å². The van der Waals surface area contributed by atoms with E-state index in [9.17, 15) is 18.0 Å². The Morgan fingerprint density at radius 1 is 0.851 bits per heavy atom. The summed E-state index contributed by atoms with van der Waals surface area (Å²) in [6.07, 6.45) is 5.16. The number of benzene rings is 4. The molecule has 4 aromatic carbocycles. The van der Waals surface area contributed by atoms with E-state index in [1.807, 2.05) is 37.3 Å². The van der Waals surface area contributed by atoms with Gasteiger partial charge in [-0.15, -0.1) is 0 Å². The molecule has 2 amide bonds. The van der Waals surface area contributed by atoms with Gasteiger partial charge < -0.3 is 10.2 Å². The largest absolute Gasteiger partial charge is 0.352 e. The molecule has 0 saturated heterocycles. The molecule has 0 spiro atoms. The summed E-state index contributed by atoms with van der Waals surface area (Å²) in [4.78, 5) is 30.4. The van der Waals surface area contributed by atoms with Gasteiger partial charge in [0.2, 0.25) is 11.8 Å². The first kappa shape index (κ1) is 34.5. The smallest absolute Gasteiger partial charge is 0.264 e. The van der Waals surface area contributed by atoms with Crippen molar-refractivity contribution in [3.05, 3.63) is 130 Å². The predicted octanol–water partition coefficient (Wildman–Crippen LogP) is 7.59. The summed E-state index contributed by atoms with van der Waals surface area (Å²) in [5.41, 5.74) is 2.69. The van der Waals surface area contributed by atoms with Gasteiger partial charge in [0.15, 0.2) is 0 Å². The minimum atomic E-state index is -4.17. The lowest BCUT2D eigenvalue weighted by molar-refractivity contribution is -0.140. The van der Waals surface area contributed by atoms with E-state index < -0.39 is 28.5 Å². The number of hydrogen-bond donors (Lipinski definition) is 1. The van der Waals surface area contributed by atoms with E-state index >= 15 is 0 Å². The Labute approximate surface area is 287 Å². The maximum atomic E-state index is 14.6. The number of anilines is 1. The van der Waals surface area contributed by atoms with Crippen LogP contribution in [0.25, 0.3) is 0 Å². The van der Waals surface area contributed by atoms with Gasteiger partial charge in [0, 0.05) is 29.1 Å². The maximum Gasteiger partial charge on any atom is 0.264 e. The Kier molecular flexibility index (Phi) is 11.6. The SMILES string of the molecule is Cc1ccc(S(=O)(=O)N(CC(=O)N(Cc2ccc(Cl)cc2Cl)C(Cc2ccccc2)C(=O)NC2CCCCC2)c2ccccc2)cc1. The molecule has 246 valence electrons. The Hall–Kier alpha value is -3.85. The van der Waals surface area contributed by atoms with Gasteiger partial charge in [-0.1, -0.05) is 115 Å². The molecular formula is C37H39Cl2N3O4S. The Morgan fingerprint density at radius 3 is 2.13 bits per heavy atom. The van der Waals surface area contributed by atoms with E-state index in [1.54, 1.807) is 60.7 Å². The van der Waals surface area contributed by atoms with Gasteiger partial charge >= 0.3 is 0 Å². The van der Waals surface area contributed by atoms with Gasteiger partial charge in [-0.05, 0) is 67.3 Å². The molecule has 0 bridgehead atoms. The fraction of sp³-hybridized carbons (Fsp3) is 0.297. The topological polar surface area (TPSA) is 86.8 Å². The van der Waals surface area contributed by atoms with Crippen LogP contribution in [-0.4, -0.2) is 43.8 Å². The number of amides is 2. The number of sulfonamides is 1. The van der Waals surface area contributed by atoms with E-state index in [0.29, 0.717) is 21.3 Å². The number of nitrogens with one attached hydrogen (secondary N) is 1. The van der Waals surface area contributed by atoms with Gasteiger partial charge in [-0.3, -0.25) is 13.9 Å². The van der Waals surface area contributed by atoms with Gasteiger partial charge in [0.1, 0.15) is 12.6 Å². The molecule has 0 aromatic heterocycles. The minimum absolute atomic E-state index is 0.00771. The molecular weight excluding hydrogens is 653 g/mol. The Bertz CT molecular complexity index is 1760. The second-order valence-electron chi connectivity index (χ2n) is 12.0. The third kappa shape index (κ3) is 8.95. The van der Waals surface area contributed by atoms with E-state index in [2.05, 4.69) is 5.32 Å². The monoisotopic (exact) mass is 691 g/mol. The van der Waals surface area contributed by atoms with Crippen LogP contribution in [0.1, 0.15) is 48.8 Å². The second kappa shape index (κ2) is 15.8. The lowest BCUT2D eigenvalue weighted by Crippen LogP contribution is -2.55. The van der Waals surface area contributed by atoms with Crippen LogP contribution in [0.4, 0.5) is 5.69 Å². The van der Waals surface area contributed by atoms with Crippen LogP contribution < -0.4 is 9.62 Å². The highest BCUT2D eigenvalue weighted by Crippen LogP contribution is 2.28. The molecule has 1 atom stereocenters. The molecule has 1 fully saturated rings. The summed E-state index contributed by atoms with van der Waals surface area (Å²) in [5, 5.41) is 3.99. The zero-order valence-corrected chi connectivity index (χ0v) is 28.6. The number of aryl methyl sites for hydroxylation is 1. The minimum Gasteiger partial charge on any atom is -0.352 e. The van der Waals surface area contributed by atoms with Crippen molar-refractivity contribution in [2.24, 2.45) is 0 Å². The molecule has 0 radical (unpaired) electrons. The molecule has 0 aliphatic heterocycles. The molecule has 1 unspecified atom stereocenters. The molecule has 0 heterocycles. The highest BCUT2D eigenvalue weighted by Gasteiger charge is 2.35. The van der Waals surface area contributed by atoms with Crippen LogP contribution >= 0.6 is 23.2 Å².